The van der Waals surface area contributed by atoms with Crippen LogP contribution in [0.5, 0.6) is 5.75 Å². The van der Waals surface area contributed by atoms with Crippen molar-refractivity contribution in [3.05, 3.63) is 39.1 Å². The number of halogens is 1. The van der Waals surface area contributed by atoms with Gasteiger partial charge in [0, 0.05) is 5.56 Å². The first-order chi connectivity index (χ1) is 8.65. The molecule has 2 aromatic rings. The molecule has 0 radical (unpaired) electrons. The number of hydrogen-bond donors (Lipinski definition) is 3. The molecule has 94 valence electrons. The number of aromatic nitrogens is 2. The van der Waals surface area contributed by atoms with Crippen LogP contribution in [-0.4, -0.2) is 17.1 Å². The molecule has 0 spiro atoms. The second-order valence-corrected chi connectivity index (χ2v) is 4.24. The number of H-pyrrole nitrogens is 1. The summed E-state index contributed by atoms with van der Waals surface area (Å²) in [6, 6.07) is 7.21. The van der Waals surface area contributed by atoms with Crippen molar-refractivity contribution in [2.24, 2.45) is 5.84 Å². The van der Waals surface area contributed by atoms with E-state index in [0.717, 1.165) is 11.3 Å². The largest absolute Gasteiger partial charge is 0.497 e. The molecule has 7 heteroatoms. The molecule has 0 unspecified atom stereocenters. The summed E-state index contributed by atoms with van der Waals surface area (Å²) in [5.41, 5.74) is 3.30. The Morgan fingerprint density at radius 2 is 2.06 bits per heavy atom. The molecule has 0 bridgehead atoms. The number of nitrogen functional groups attached to an aromatic ring is 1. The molecular weight excluding hydrogens is 300 g/mol. The minimum absolute atomic E-state index is 0.203. The van der Waals surface area contributed by atoms with Crippen LogP contribution in [0.25, 0.3) is 11.3 Å². The Bertz CT molecular complexity index is 609. The van der Waals surface area contributed by atoms with Gasteiger partial charge in [-0.25, -0.2) is 10.8 Å². The van der Waals surface area contributed by atoms with E-state index in [2.05, 4.69) is 31.3 Å². The van der Waals surface area contributed by atoms with Crippen LogP contribution in [-0.2, 0) is 0 Å². The lowest BCUT2D eigenvalue weighted by atomic mass is 10.1. The quantitative estimate of drug-likeness (QED) is 0.590. The molecule has 1 heterocycles. The van der Waals surface area contributed by atoms with E-state index in [1.165, 1.54) is 0 Å². The topological polar surface area (TPSA) is 93.0 Å². The molecule has 0 saturated carbocycles. The maximum Gasteiger partial charge on any atom is 0.267 e. The second kappa shape index (κ2) is 5.19. The fourth-order valence-corrected chi connectivity index (χ4v) is 1.88. The number of benzene rings is 1. The number of methoxy groups -OCH3 is 1. The highest BCUT2D eigenvalue weighted by Gasteiger charge is 2.10. The van der Waals surface area contributed by atoms with E-state index in [1.807, 2.05) is 12.1 Å². The summed E-state index contributed by atoms with van der Waals surface area (Å²) in [7, 11) is 1.59. The molecule has 0 atom stereocenters. The maximum atomic E-state index is 11.7. The molecule has 6 nitrogen and oxygen atoms in total. The van der Waals surface area contributed by atoms with E-state index >= 15 is 0 Å². The predicted molar refractivity (Wildman–Crippen MR) is 72.4 cm³/mol. The summed E-state index contributed by atoms with van der Waals surface area (Å²) in [4.78, 5) is 18.3. The van der Waals surface area contributed by atoms with Crippen molar-refractivity contribution in [2.45, 2.75) is 0 Å². The molecule has 0 aliphatic rings. The van der Waals surface area contributed by atoms with Gasteiger partial charge < -0.3 is 4.74 Å². The minimum Gasteiger partial charge on any atom is -0.497 e. The second-order valence-electron chi connectivity index (χ2n) is 3.45. The van der Waals surface area contributed by atoms with Crippen molar-refractivity contribution in [3.63, 3.8) is 0 Å². The van der Waals surface area contributed by atoms with Gasteiger partial charge >= 0.3 is 0 Å². The van der Waals surface area contributed by atoms with Crippen LogP contribution in [0.15, 0.2) is 33.5 Å². The molecule has 4 N–H and O–H groups in total. The zero-order chi connectivity index (χ0) is 13.1. The van der Waals surface area contributed by atoms with E-state index in [4.69, 9.17) is 10.6 Å². The molecule has 0 amide bonds. The lowest BCUT2D eigenvalue weighted by Gasteiger charge is -2.07. The fraction of sp³-hybridized carbons (Fsp3) is 0.0909. The van der Waals surface area contributed by atoms with E-state index in [0.29, 0.717) is 10.2 Å². The first-order valence-electron chi connectivity index (χ1n) is 5.06. The van der Waals surface area contributed by atoms with Crippen LogP contribution in [0.1, 0.15) is 0 Å². The minimum atomic E-state index is -0.302. The van der Waals surface area contributed by atoms with Gasteiger partial charge in [0.1, 0.15) is 10.2 Å². The van der Waals surface area contributed by atoms with Gasteiger partial charge in [0.15, 0.2) is 0 Å². The van der Waals surface area contributed by atoms with E-state index in [-0.39, 0.29) is 11.5 Å². The molecule has 0 fully saturated rings. The van der Waals surface area contributed by atoms with Gasteiger partial charge in [-0.3, -0.25) is 15.2 Å². The van der Waals surface area contributed by atoms with E-state index < -0.39 is 0 Å². The van der Waals surface area contributed by atoms with Crippen molar-refractivity contribution in [2.75, 3.05) is 12.5 Å². The van der Waals surface area contributed by atoms with Gasteiger partial charge in [0.25, 0.3) is 5.56 Å². The first-order valence-corrected chi connectivity index (χ1v) is 5.86. The Hall–Kier alpha value is -1.86. The van der Waals surface area contributed by atoms with Gasteiger partial charge in [0.05, 0.1) is 12.8 Å². The summed E-state index contributed by atoms with van der Waals surface area (Å²) in [5, 5.41) is 0. The number of hydrogen-bond acceptors (Lipinski definition) is 5. The summed E-state index contributed by atoms with van der Waals surface area (Å²) in [6.07, 6.45) is 0. The number of anilines is 1. The third-order valence-electron chi connectivity index (χ3n) is 2.36. The molecule has 1 aromatic heterocycles. The summed E-state index contributed by atoms with van der Waals surface area (Å²) in [6.45, 7) is 0. The number of nitrogens with one attached hydrogen (secondary N) is 2. The van der Waals surface area contributed by atoms with Crippen molar-refractivity contribution in [3.8, 4) is 17.0 Å². The Morgan fingerprint density at radius 1 is 1.39 bits per heavy atom. The molecule has 2 rings (SSSR count). The Kier molecular flexibility index (Phi) is 3.63. The zero-order valence-electron chi connectivity index (χ0n) is 9.53. The molecule has 18 heavy (non-hydrogen) atoms. The number of aromatic amines is 1. The zero-order valence-corrected chi connectivity index (χ0v) is 11.1. The van der Waals surface area contributed by atoms with Crippen LogP contribution >= 0.6 is 15.9 Å². The molecule has 0 aliphatic carbocycles. The monoisotopic (exact) mass is 310 g/mol. The van der Waals surface area contributed by atoms with Gasteiger partial charge in [-0.05, 0) is 40.2 Å². The van der Waals surface area contributed by atoms with Crippen LogP contribution in [0, 0.1) is 0 Å². The smallest absolute Gasteiger partial charge is 0.267 e. The highest BCUT2D eigenvalue weighted by molar-refractivity contribution is 9.10. The third-order valence-corrected chi connectivity index (χ3v) is 3.10. The van der Waals surface area contributed by atoms with Crippen LogP contribution in [0.2, 0.25) is 0 Å². The van der Waals surface area contributed by atoms with Crippen LogP contribution in [0.4, 0.5) is 5.95 Å². The fourth-order valence-electron chi connectivity index (χ4n) is 1.47. The van der Waals surface area contributed by atoms with Gasteiger partial charge in [-0.15, -0.1) is 0 Å². The summed E-state index contributed by atoms with van der Waals surface area (Å²) >= 11 is 3.21. The number of nitrogens with zero attached hydrogens (tertiary/aromatic N) is 1. The highest BCUT2D eigenvalue weighted by Crippen LogP contribution is 2.25. The van der Waals surface area contributed by atoms with Crippen LogP contribution in [0.3, 0.4) is 0 Å². The molecular formula is C11H11BrN4O2. The van der Waals surface area contributed by atoms with Gasteiger partial charge in [-0.1, -0.05) is 0 Å². The number of nitrogens with two attached hydrogens (primary N) is 1. The average molecular weight is 311 g/mol. The first kappa shape index (κ1) is 12.6. The normalized spacial score (nSPS) is 10.2. The Balaban J connectivity index is 2.55. The van der Waals surface area contributed by atoms with E-state index in [1.54, 1.807) is 19.2 Å². The van der Waals surface area contributed by atoms with Crippen molar-refractivity contribution in [1.82, 2.24) is 9.97 Å². The molecule has 1 aromatic carbocycles. The maximum absolute atomic E-state index is 11.7. The Morgan fingerprint density at radius 3 is 2.61 bits per heavy atom. The summed E-state index contributed by atoms with van der Waals surface area (Å²) < 4.78 is 5.42. The number of hydrazine groups is 1. The SMILES string of the molecule is COc1ccc(-c2nc(NN)[nH]c(=O)c2Br)cc1. The standard InChI is InChI=1S/C11H11BrN4O2/c1-18-7-4-2-6(3-5-7)9-8(12)10(17)15-11(14-9)16-13/h2-5H,13H2,1H3,(H2,14,15,16,17). The van der Waals surface area contributed by atoms with Crippen molar-refractivity contribution < 1.29 is 4.74 Å². The average Bonchev–Trinajstić information content (AvgIpc) is 2.42. The molecule has 0 saturated heterocycles. The molecule has 0 aliphatic heterocycles. The highest BCUT2D eigenvalue weighted by atomic mass is 79.9. The van der Waals surface area contributed by atoms with Crippen molar-refractivity contribution >= 4 is 21.9 Å². The van der Waals surface area contributed by atoms with Crippen molar-refractivity contribution in [1.29, 1.82) is 0 Å². The van der Waals surface area contributed by atoms with Gasteiger partial charge in [-0.2, -0.15) is 0 Å². The Labute approximate surface area is 111 Å². The summed E-state index contributed by atoms with van der Waals surface area (Å²) in [5.74, 6) is 6.18. The van der Waals surface area contributed by atoms with Gasteiger partial charge in [0.2, 0.25) is 5.95 Å². The number of ether oxygens (including phenoxy) is 1. The lowest BCUT2D eigenvalue weighted by molar-refractivity contribution is 0.415. The third kappa shape index (κ3) is 2.36. The number of rotatable bonds is 3. The predicted octanol–water partition coefficient (Wildman–Crippen LogP) is 1.49. The van der Waals surface area contributed by atoms with E-state index in [9.17, 15) is 4.79 Å². The van der Waals surface area contributed by atoms with Crippen LogP contribution < -0.4 is 21.6 Å². The lowest BCUT2D eigenvalue weighted by Crippen LogP contribution is -2.18.